The molecule has 3 N–H and O–H groups in total. The minimum Gasteiger partial charge on any atom is -0.397 e. The maximum absolute atomic E-state index is 5.89. The Balaban J connectivity index is 2.50. The summed E-state index contributed by atoms with van der Waals surface area (Å²) in [4.78, 5) is 2.27. The summed E-state index contributed by atoms with van der Waals surface area (Å²) in [6.45, 7) is 7.26. The molecule has 0 aromatic heterocycles. The molecular weight excluding hydrogens is 186 g/mol. The van der Waals surface area contributed by atoms with Gasteiger partial charge in [-0.25, -0.2) is 0 Å². The molecule has 1 aromatic rings. The van der Waals surface area contributed by atoms with Gasteiger partial charge in [0.2, 0.25) is 0 Å². The minimum atomic E-state index is 0.828. The maximum atomic E-state index is 5.89. The molecule has 3 nitrogen and oxygen atoms in total. The van der Waals surface area contributed by atoms with Gasteiger partial charge in [-0.3, -0.25) is 0 Å². The Kier molecular flexibility index (Phi) is 4.43. The molecule has 0 amide bonds. The van der Waals surface area contributed by atoms with Gasteiger partial charge in [0.15, 0.2) is 0 Å². The van der Waals surface area contributed by atoms with Crippen LogP contribution in [0, 0.1) is 6.92 Å². The molecule has 0 radical (unpaired) electrons. The van der Waals surface area contributed by atoms with E-state index in [0.29, 0.717) is 0 Å². The number of nitrogens with two attached hydrogens (primary N) is 1. The summed E-state index contributed by atoms with van der Waals surface area (Å²) in [5, 5.41) is 3.38. The second-order valence-corrected chi connectivity index (χ2v) is 3.86. The zero-order valence-electron chi connectivity index (χ0n) is 9.88. The Morgan fingerprint density at radius 2 is 2.13 bits per heavy atom. The van der Waals surface area contributed by atoms with Crippen molar-refractivity contribution in [3.05, 3.63) is 23.8 Å². The van der Waals surface area contributed by atoms with Crippen molar-refractivity contribution in [2.24, 2.45) is 0 Å². The van der Waals surface area contributed by atoms with E-state index in [9.17, 15) is 0 Å². The number of hydrogen-bond acceptors (Lipinski definition) is 3. The normalized spacial score (nSPS) is 10.7. The lowest BCUT2D eigenvalue weighted by Crippen LogP contribution is -2.25. The fourth-order valence-corrected chi connectivity index (χ4v) is 1.46. The summed E-state index contributed by atoms with van der Waals surface area (Å²) in [5.74, 6) is 0. The number of para-hydroxylation sites is 1. The molecule has 3 heteroatoms. The van der Waals surface area contributed by atoms with E-state index in [1.165, 1.54) is 5.56 Å². The highest BCUT2D eigenvalue weighted by Crippen LogP contribution is 2.21. The zero-order valence-corrected chi connectivity index (χ0v) is 9.88. The first kappa shape index (κ1) is 11.9. The van der Waals surface area contributed by atoms with Crippen LogP contribution in [-0.2, 0) is 0 Å². The molecular formula is C12H21N3. The molecule has 0 spiro atoms. The predicted molar refractivity (Wildman–Crippen MR) is 67.3 cm³/mol. The van der Waals surface area contributed by atoms with E-state index in [0.717, 1.165) is 31.0 Å². The average molecular weight is 207 g/mol. The van der Waals surface area contributed by atoms with E-state index in [4.69, 9.17) is 5.73 Å². The van der Waals surface area contributed by atoms with Crippen LogP contribution in [0.3, 0.4) is 0 Å². The molecule has 0 aliphatic rings. The van der Waals surface area contributed by atoms with Crippen LogP contribution in [0.25, 0.3) is 0 Å². The fraction of sp³-hybridized carbons (Fsp3) is 0.500. The highest BCUT2D eigenvalue weighted by molar-refractivity contribution is 5.69. The first-order chi connectivity index (χ1) is 7.15. The lowest BCUT2D eigenvalue weighted by Gasteiger charge is -2.16. The van der Waals surface area contributed by atoms with E-state index in [2.05, 4.69) is 37.2 Å². The van der Waals surface area contributed by atoms with E-state index in [1.807, 2.05) is 12.1 Å². The van der Waals surface area contributed by atoms with Gasteiger partial charge in [-0.1, -0.05) is 19.1 Å². The number of nitrogen functional groups attached to an aromatic ring is 1. The maximum Gasteiger partial charge on any atom is 0.0604 e. The van der Waals surface area contributed by atoms with E-state index in [-0.39, 0.29) is 0 Å². The zero-order chi connectivity index (χ0) is 11.3. The van der Waals surface area contributed by atoms with Crippen LogP contribution in [0.4, 0.5) is 11.4 Å². The van der Waals surface area contributed by atoms with E-state index >= 15 is 0 Å². The molecule has 0 aliphatic carbocycles. The van der Waals surface area contributed by atoms with Crippen LogP contribution in [0.15, 0.2) is 18.2 Å². The first-order valence-corrected chi connectivity index (χ1v) is 5.42. The molecule has 0 heterocycles. The first-order valence-electron chi connectivity index (χ1n) is 5.42. The average Bonchev–Trinajstić information content (AvgIpc) is 2.22. The second kappa shape index (κ2) is 5.61. The predicted octanol–water partition coefficient (Wildman–Crippen LogP) is 1.94. The van der Waals surface area contributed by atoms with Crippen LogP contribution in [0.2, 0.25) is 0 Å². The molecule has 1 aromatic carbocycles. The topological polar surface area (TPSA) is 41.3 Å². The Morgan fingerprint density at radius 3 is 2.73 bits per heavy atom. The number of likely N-dealkylation sites (N-methyl/N-ethyl adjacent to an activating group) is 1. The van der Waals surface area contributed by atoms with Crippen LogP contribution < -0.4 is 11.1 Å². The van der Waals surface area contributed by atoms with Gasteiger partial charge < -0.3 is 16.0 Å². The molecule has 15 heavy (non-hydrogen) atoms. The SMILES string of the molecule is CCN(C)CCNc1c(C)cccc1N. The van der Waals surface area contributed by atoms with Gasteiger partial charge in [0, 0.05) is 13.1 Å². The van der Waals surface area contributed by atoms with Crippen molar-refractivity contribution in [2.45, 2.75) is 13.8 Å². The number of anilines is 2. The van der Waals surface area contributed by atoms with Crippen LogP contribution in [0.1, 0.15) is 12.5 Å². The summed E-state index contributed by atoms with van der Waals surface area (Å²) in [6, 6.07) is 5.98. The third-order valence-corrected chi connectivity index (χ3v) is 2.64. The summed E-state index contributed by atoms with van der Waals surface area (Å²) >= 11 is 0. The van der Waals surface area contributed by atoms with Crippen molar-refractivity contribution in [3.8, 4) is 0 Å². The van der Waals surface area contributed by atoms with Crippen LogP contribution >= 0.6 is 0 Å². The number of aryl methyl sites for hydroxylation is 1. The van der Waals surface area contributed by atoms with Crippen molar-refractivity contribution in [1.82, 2.24) is 4.90 Å². The van der Waals surface area contributed by atoms with Crippen LogP contribution in [-0.4, -0.2) is 31.6 Å². The highest BCUT2D eigenvalue weighted by atomic mass is 15.1. The van der Waals surface area contributed by atoms with Gasteiger partial charge in [-0.15, -0.1) is 0 Å². The molecule has 0 saturated heterocycles. The molecule has 84 valence electrons. The number of rotatable bonds is 5. The monoisotopic (exact) mass is 207 g/mol. The summed E-state index contributed by atoms with van der Waals surface area (Å²) in [6.07, 6.45) is 0. The third-order valence-electron chi connectivity index (χ3n) is 2.64. The standard InChI is InChI=1S/C12H21N3/c1-4-15(3)9-8-14-12-10(2)6-5-7-11(12)13/h5-7,14H,4,8-9,13H2,1-3H3. The highest BCUT2D eigenvalue weighted by Gasteiger charge is 2.01. The smallest absolute Gasteiger partial charge is 0.0604 e. The third kappa shape index (κ3) is 3.44. The number of hydrogen-bond donors (Lipinski definition) is 2. The fourth-order valence-electron chi connectivity index (χ4n) is 1.46. The Hall–Kier alpha value is -1.22. The quantitative estimate of drug-likeness (QED) is 0.725. The lowest BCUT2D eigenvalue weighted by molar-refractivity contribution is 0.367. The number of benzene rings is 1. The molecule has 1 rings (SSSR count). The van der Waals surface area contributed by atoms with Gasteiger partial charge in [0.1, 0.15) is 0 Å². The Bertz CT molecular complexity index is 289. The lowest BCUT2D eigenvalue weighted by atomic mass is 10.1. The Morgan fingerprint density at radius 1 is 1.40 bits per heavy atom. The molecule has 0 saturated carbocycles. The van der Waals surface area contributed by atoms with Gasteiger partial charge in [-0.05, 0) is 32.1 Å². The molecule has 0 fully saturated rings. The van der Waals surface area contributed by atoms with E-state index < -0.39 is 0 Å². The molecule has 0 atom stereocenters. The molecule has 0 unspecified atom stereocenters. The van der Waals surface area contributed by atoms with Crippen molar-refractivity contribution in [1.29, 1.82) is 0 Å². The molecule has 0 aliphatic heterocycles. The van der Waals surface area contributed by atoms with Crippen molar-refractivity contribution in [2.75, 3.05) is 37.7 Å². The summed E-state index contributed by atoms with van der Waals surface area (Å²) < 4.78 is 0. The van der Waals surface area contributed by atoms with Gasteiger partial charge in [-0.2, -0.15) is 0 Å². The van der Waals surface area contributed by atoms with E-state index in [1.54, 1.807) is 0 Å². The second-order valence-electron chi connectivity index (χ2n) is 3.86. The van der Waals surface area contributed by atoms with Gasteiger partial charge >= 0.3 is 0 Å². The minimum absolute atomic E-state index is 0.828. The number of nitrogens with zero attached hydrogens (tertiary/aromatic N) is 1. The summed E-state index contributed by atoms with van der Waals surface area (Å²) in [5.41, 5.74) is 9.00. The Labute approximate surface area is 92.3 Å². The van der Waals surface area contributed by atoms with Gasteiger partial charge in [0.05, 0.1) is 11.4 Å². The van der Waals surface area contributed by atoms with Crippen LogP contribution in [0.5, 0.6) is 0 Å². The number of nitrogens with one attached hydrogen (secondary N) is 1. The largest absolute Gasteiger partial charge is 0.397 e. The molecule has 0 bridgehead atoms. The van der Waals surface area contributed by atoms with Crippen molar-refractivity contribution in [3.63, 3.8) is 0 Å². The van der Waals surface area contributed by atoms with Crippen molar-refractivity contribution < 1.29 is 0 Å². The van der Waals surface area contributed by atoms with Gasteiger partial charge in [0.25, 0.3) is 0 Å². The summed E-state index contributed by atoms with van der Waals surface area (Å²) in [7, 11) is 2.11. The van der Waals surface area contributed by atoms with Crippen molar-refractivity contribution >= 4 is 11.4 Å².